The third kappa shape index (κ3) is 1.86. The zero-order chi connectivity index (χ0) is 19.1. The first-order chi connectivity index (χ1) is 12.9. The first-order valence-corrected chi connectivity index (χ1v) is 10.5. The van der Waals surface area contributed by atoms with Gasteiger partial charge in [-0.25, -0.2) is 0 Å². The predicted octanol–water partition coefficient (Wildman–Crippen LogP) is 5.59. The Labute approximate surface area is 163 Å². The summed E-state index contributed by atoms with van der Waals surface area (Å²) in [6.07, 6.45) is 2.38. The van der Waals surface area contributed by atoms with E-state index in [1.807, 2.05) is 0 Å². The lowest BCUT2D eigenvalue weighted by Crippen LogP contribution is -2.64. The summed E-state index contributed by atoms with van der Waals surface area (Å²) in [4.78, 5) is 5.18. The van der Waals surface area contributed by atoms with Gasteiger partial charge in [-0.1, -0.05) is 58.0 Å². The molecular formula is C24H31N3. The van der Waals surface area contributed by atoms with Crippen molar-refractivity contribution in [1.29, 1.82) is 0 Å². The van der Waals surface area contributed by atoms with E-state index in [4.69, 9.17) is 0 Å². The van der Waals surface area contributed by atoms with Gasteiger partial charge in [-0.3, -0.25) is 5.32 Å². The Bertz CT molecular complexity index is 923. The van der Waals surface area contributed by atoms with Crippen LogP contribution in [-0.4, -0.2) is 12.3 Å². The maximum atomic E-state index is 4.10. The third-order valence-corrected chi connectivity index (χ3v) is 7.35. The molecule has 3 aliphatic heterocycles. The summed E-state index contributed by atoms with van der Waals surface area (Å²) < 4.78 is 0. The molecule has 0 fully saturated rings. The second-order valence-corrected chi connectivity index (χ2v) is 9.18. The fourth-order valence-electron chi connectivity index (χ4n) is 5.80. The molecule has 1 N–H and O–H groups in total. The highest BCUT2D eigenvalue weighted by Gasteiger charge is 2.54. The SMILES string of the molecule is CCC1(CC)NC2N3c4c(cccc4C(C)(C)c4cccc1c43)N2C(C)C. The van der Waals surface area contributed by atoms with E-state index in [2.05, 4.69) is 93.1 Å². The van der Waals surface area contributed by atoms with E-state index in [0.29, 0.717) is 6.04 Å². The molecule has 5 rings (SSSR count). The van der Waals surface area contributed by atoms with Gasteiger partial charge in [0.25, 0.3) is 0 Å². The fourth-order valence-corrected chi connectivity index (χ4v) is 5.80. The predicted molar refractivity (Wildman–Crippen MR) is 114 cm³/mol. The van der Waals surface area contributed by atoms with Crippen LogP contribution >= 0.6 is 0 Å². The van der Waals surface area contributed by atoms with Crippen LogP contribution in [0.15, 0.2) is 36.4 Å². The Balaban J connectivity index is 1.91. The molecule has 3 nitrogen and oxygen atoms in total. The van der Waals surface area contributed by atoms with Gasteiger partial charge in [0.1, 0.15) is 0 Å². The quantitative estimate of drug-likeness (QED) is 0.768. The van der Waals surface area contributed by atoms with Gasteiger partial charge in [0.15, 0.2) is 6.29 Å². The van der Waals surface area contributed by atoms with Crippen LogP contribution < -0.4 is 15.1 Å². The van der Waals surface area contributed by atoms with Crippen LogP contribution in [0.1, 0.15) is 71.1 Å². The topological polar surface area (TPSA) is 18.5 Å². The zero-order valence-corrected chi connectivity index (χ0v) is 17.4. The van der Waals surface area contributed by atoms with Gasteiger partial charge in [0, 0.05) is 17.0 Å². The van der Waals surface area contributed by atoms with Crippen LogP contribution in [0.25, 0.3) is 0 Å². The molecule has 142 valence electrons. The standard InChI is InChI=1S/C24H31N3/c1-7-24(8-2)18-13-9-11-16-20(18)27-21-17(23(16,5)6)12-10-14-19(21)26(15(3)4)22(27)25-24/h9-15,22,25H,7-8H2,1-6H3. The molecule has 0 saturated carbocycles. The zero-order valence-electron chi connectivity index (χ0n) is 17.4. The second kappa shape index (κ2) is 5.29. The fraction of sp³-hybridized carbons (Fsp3) is 0.500. The minimum atomic E-state index is 0.00922. The maximum Gasteiger partial charge on any atom is 0.163 e. The summed E-state index contributed by atoms with van der Waals surface area (Å²) in [6, 6.07) is 14.3. The van der Waals surface area contributed by atoms with E-state index in [9.17, 15) is 0 Å². The number of hydrogen-bond donors (Lipinski definition) is 1. The minimum absolute atomic E-state index is 0.00922. The molecule has 2 aromatic carbocycles. The summed E-state index contributed by atoms with van der Waals surface area (Å²) in [5.41, 5.74) is 8.66. The summed E-state index contributed by atoms with van der Waals surface area (Å²) in [5.74, 6) is 0. The van der Waals surface area contributed by atoms with Gasteiger partial charge in [-0.15, -0.1) is 0 Å². The van der Waals surface area contributed by atoms with Crippen molar-refractivity contribution in [3.05, 3.63) is 53.1 Å². The van der Waals surface area contributed by atoms with Crippen molar-refractivity contribution in [2.75, 3.05) is 9.80 Å². The number of nitrogens with zero attached hydrogens (tertiary/aromatic N) is 2. The highest BCUT2D eigenvalue weighted by Crippen LogP contribution is 2.61. The molecule has 0 saturated heterocycles. The molecule has 3 heterocycles. The third-order valence-electron chi connectivity index (χ3n) is 7.35. The van der Waals surface area contributed by atoms with E-state index in [1.165, 1.54) is 33.8 Å². The van der Waals surface area contributed by atoms with Crippen molar-refractivity contribution in [2.45, 2.75) is 77.7 Å². The average molecular weight is 362 g/mol. The Morgan fingerprint density at radius 1 is 0.926 bits per heavy atom. The van der Waals surface area contributed by atoms with Crippen molar-refractivity contribution in [3.8, 4) is 0 Å². The number of benzene rings is 2. The highest BCUT2D eigenvalue weighted by molar-refractivity contribution is 5.93. The number of rotatable bonds is 3. The Hall–Kier alpha value is -2.00. The van der Waals surface area contributed by atoms with Crippen molar-refractivity contribution in [3.63, 3.8) is 0 Å². The largest absolute Gasteiger partial charge is 0.334 e. The Morgan fingerprint density at radius 3 is 2.15 bits per heavy atom. The number of nitrogens with one attached hydrogen (secondary N) is 1. The van der Waals surface area contributed by atoms with Crippen LogP contribution in [0.5, 0.6) is 0 Å². The summed E-state index contributed by atoms with van der Waals surface area (Å²) >= 11 is 0. The van der Waals surface area contributed by atoms with Gasteiger partial charge in [0.2, 0.25) is 0 Å². The molecule has 1 unspecified atom stereocenters. The molecular weight excluding hydrogens is 330 g/mol. The number of para-hydroxylation sites is 2. The van der Waals surface area contributed by atoms with Gasteiger partial charge in [0.05, 0.1) is 17.1 Å². The molecule has 0 aliphatic carbocycles. The lowest BCUT2D eigenvalue weighted by molar-refractivity contribution is 0.247. The molecule has 27 heavy (non-hydrogen) atoms. The molecule has 3 aliphatic rings. The molecule has 2 aromatic rings. The molecule has 0 amide bonds. The molecule has 3 heteroatoms. The van der Waals surface area contributed by atoms with E-state index in [-0.39, 0.29) is 17.2 Å². The maximum absolute atomic E-state index is 4.10. The van der Waals surface area contributed by atoms with Crippen molar-refractivity contribution in [1.82, 2.24) is 5.32 Å². The minimum Gasteiger partial charge on any atom is -0.334 e. The van der Waals surface area contributed by atoms with Crippen molar-refractivity contribution in [2.24, 2.45) is 0 Å². The van der Waals surface area contributed by atoms with E-state index < -0.39 is 0 Å². The summed E-state index contributed by atoms with van der Waals surface area (Å²) in [7, 11) is 0. The van der Waals surface area contributed by atoms with E-state index in [1.54, 1.807) is 0 Å². The van der Waals surface area contributed by atoms with E-state index >= 15 is 0 Å². The highest BCUT2D eigenvalue weighted by atomic mass is 15.5. The van der Waals surface area contributed by atoms with Crippen LogP contribution in [0.4, 0.5) is 17.1 Å². The monoisotopic (exact) mass is 361 g/mol. The van der Waals surface area contributed by atoms with E-state index in [0.717, 1.165) is 12.8 Å². The smallest absolute Gasteiger partial charge is 0.163 e. The van der Waals surface area contributed by atoms with Crippen LogP contribution in [0, 0.1) is 0 Å². The number of hydrogen-bond acceptors (Lipinski definition) is 3. The first kappa shape index (κ1) is 17.1. The molecule has 0 aromatic heterocycles. The lowest BCUT2D eigenvalue weighted by atomic mass is 9.70. The normalized spacial score (nSPS) is 23.0. The first-order valence-electron chi connectivity index (χ1n) is 10.5. The van der Waals surface area contributed by atoms with Crippen LogP contribution in [0.2, 0.25) is 0 Å². The van der Waals surface area contributed by atoms with Crippen LogP contribution in [-0.2, 0) is 11.0 Å². The van der Waals surface area contributed by atoms with Crippen molar-refractivity contribution >= 4 is 17.1 Å². The second-order valence-electron chi connectivity index (χ2n) is 9.18. The molecule has 0 radical (unpaired) electrons. The molecule has 1 atom stereocenters. The Morgan fingerprint density at radius 2 is 1.52 bits per heavy atom. The average Bonchev–Trinajstić information content (AvgIpc) is 2.99. The van der Waals surface area contributed by atoms with Gasteiger partial charge >= 0.3 is 0 Å². The molecule has 0 spiro atoms. The van der Waals surface area contributed by atoms with Crippen LogP contribution in [0.3, 0.4) is 0 Å². The summed E-state index contributed by atoms with van der Waals surface area (Å²) in [5, 5.41) is 4.10. The Kier molecular flexibility index (Phi) is 3.35. The van der Waals surface area contributed by atoms with Gasteiger partial charge in [-0.05, 0) is 49.4 Å². The van der Waals surface area contributed by atoms with Crippen molar-refractivity contribution < 1.29 is 0 Å². The molecule has 0 bridgehead atoms. The van der Waals surface area contributed by atoms with Gasteiger partial charge < -0.3 is 9.80 Å². The lowest BCUT2D eigenvalue weighted by Gasteiger charge is -2.53. The summed E-state index contributed by atoms with van der Waals surface area (Å²) in [6.45, 7) is 14.1. The van der Waals surface area contributed by atoms with Gasteiger partial charge in [-0.2, -0.15) is 0 Å². The number of anilines is 3.